The minimum Gasteiger partial charge on any atom is -0.492 e. The summed E-state index contributed by atoms with van der Waals surface area (Å²) in [6.45, 7) is 0.226. The van der Waals surface area contributed by atoms with Crippen LogP contribution in [-0.2, 0) is 10.0 Å². The van der Waals surface area contributed by atoms with Gasteiger partial charge in [0.05, 0.1) is 3.79 Å². The summed E-state index contributed by atoms with van der Waals surface area (Å²) in [6, 6.07) is 8.87. The van der Waals surface area contributed by atoms with Crippen LogP contribution in [0.25, 0.3) is 0 Å². The summed E-state index contributed by atoms with van der Waals surface area (Å²) in [5.41, 5.74) is 0. The van der Waals surface area contributed by atoms with E-state index in [-0.39, 0.29) is 17.4 Å². The van der Waals surface area contributed by atoms with E-state index < -0.39 is 15.8 Å². The third-order valence-corrected chi connectivity index (χ3v) is 5.85. The molecule has 0 bridgehead atoms. The van der Waals surface area contributed by atoms with Gasteiger partial charge in [0, 0.05) is 12.6 Å². The van der Waals surface area contributed by atoms with Crippen molar-refractivity contribution < 1.29 is 17.5 Å². The molecule has 0 unspecified atom stereocenters. The maximum absolute atomic E-state index is 12.9. The highest BCUT2D eigenvalue weighted by Gasteiger charge is 2.15. The van der Waals surface area contributed by atoms with Crippen molar-refractivity contribution in [3.05, 3.63) is 46.0 Å². The zero-order valence-electron chi connectivity index (χ0n) is 10.2. The van der Waals surface area contributed by atoms with E-state index in [0.717, 1.165) is 15.1 Å². The number of sulfonamides is 1. The summed E-state index contributed by atoms with van der Waals surface area (Å²) < 4.78 is 45.3. The molecule has 2 aromatic rings. The highest BCUT2D eigenvalue weighted by Crippen LogP contribution is 2.25. The molecule has 0 saturated heterocycles. The third kappa shape index (κ3) is 4.27. The lowest BCUT2D eigenvalue weighted by Gasteiger charge is -2.07. The van der Waals surface area contributed by atoms with Crippen molar-refractivity contribution in [2.45, 2.75) is 4.21 Å². The van der Waals surface area contributed by atoms with Crippen molar-refractivity contribution >= 4 is 37.3 Å². The van der Waals surface area contributed by atoms with E-state index in [1.165, 1.54) is 24.3 Å². The Labute approximate surface area is 128 Å². The van der Waals surface area contributed by atoms with Gasteiger partial charge in [-0.25, -0.2) is 17.5 Å². The van der Waals surface area contributed by atoms with Gasteiger partial charge in [0.2, 0.25) is 10.0 Å². The van der Waals surface area contributed by atoms with Gasteiger partial charge in [-0.05, 0) is 40.2 Å². The van der Waals surface area contributed by atoms with Crippen LogP contribution in [0.1, 0.15) is 0 Å². The third-order valence-electron chi connectivity index (χ3n) is 2.27. The molecule has 2 rings (SSSR count). The molecule has 1 heterocycles. The number of nitrogens with one attached hydrogen (secondary N) is 1. The Balaban J connectivity index is 1.84. The molecule has 108 valence electrons. The smallest absolute Gasteiger partial charge is 0.250 e. The molecule has 0 spiro atoms. The van der Waals surface area contributed by atoms with Crippen molar-refractivity contribution in [2.75, 3.05) is 13.2 Å². The van der Waals surface area contributed by atoms with Crippen molar-refractivity contribution in [2.24, 2.45) is 0 Å². The first-order chi connectivity index (χ1) is 9.47. The molecule has 0 atom stereocenters. The van der Waals surface area contributed by atoms with Crippen LogP contribution >= 0.6 is 27.3 Å². The van der Waals surface area contributed by atoms with Crippen LogP contribution in [0.4, 0.5) is 4.39 Å². The van der Waals surface area contributed by atoms with Crippen LogP contribution < -0.4 is 9.46 Å². The minimum atomic E-state index is -3.52. The largest absolute Gasteiger partial charge is 0.492 e. The molecule has 8 heteroatoms. The average Bonchev–Trinajstić information content (AvgIpc) is 2.82. The summed E-state index contributed by atoms with van der Waals surface area (Å²) in [7, 11) is -3.52. The molecule has 1 N–H and O–H groups in total. The Morgan fingerprint density at radius 3 is 2.75 bits per heavy atom. The summed E-state index contributed by atoms with van der Waals surface area (Å²) in [5, 5.41) is 0. The normalized spacial score (nSPS) is 11.5. The molecule has 1 aromatic heterocycles. The van der Waals surface area contributed by atoms with Crippen molar-refractivity contribution in [3.63, 3.8) is 0 Å². The number of hydrogen-bond donors (Lipinski definition) is 1. The molecular weight excluding hydrogens is 369 g/mol. The van der Waals surface area contributed by atoms with Crippen LogP contribution in [-0.4, -0.2) is 21.6 Å². The number of ether oxygens (including phenoxy) is 1. The molecule has 0 radical (unpaired) electrons. The van der Waals surface area contributed by atoms with Crippen molar-refractivity contribution in [3.8, 4) is 5.75 Å². The highest BCUT2D eigenvalue weighted by molar-refractivity contribution is 9.11. The molecule has 0 amide bonds. The SMILES string of the molecule is O=S(=O)(NCCOc1cccc(F)c1)c1ccc(Br)s1. The molecule has 0 saturated carbocycles. The fourth-order valence-electron chi connectivity index (χ4n) is 1.41. The summed E-state index contributed by atoms with van der Waals surface area (Å²) >= 11 is 4.34. The van der Waals surface area contributed by atoms with E-state index in [2.05, 4.69) is 20.7 Å². The molecule has 1 aromatic carbocycles. The van der Waals surface area contributed by atoms with E-state index in [9.17, 15) is 12.8 Å². The van der Waals surface area contributed by atoms with Gasteiger partial charge in [-0.3, -0.25) is 0 Å². The zero-order valence-corrected chi connectivity index (χ0v) is 13.4. The number of hydrogen-bond acceptors (Lipinski definition) is 4. The predicted molar refractivity (Wildman–Crippen MR) is 79.1 cm³/mol. The van der Waals surface area contributed by atoms with Gasteiger partial charge < -0.3 is 4.74 Å². The predicted octanol–water partition coefficient (Wildman–Crippen LogP) is 3.01. The Morgan fingerprint density at radius 2 is 2.10 bits per heavy atom. The molecule has 0 fully saturated rings. The second-order valence-electron chi connectivity index (χ2n) is 3.76. The molecule has 20 heavy (non-hydrogen) atoms. The lowest BCUT2D eigenvalue weighted by atomic mass is 10.3. The maximum Gasteiger partial charge on any atom is 0.250 e. The Bertz CT molecular complexity index is 688. The fraction of sp³-hybridized carbons (Fsp3) is 0.167. The lowest BCUT2D eigenvalue weighted by molar-refractivity contribution is 0.321. The van der Waals surface area contributed by atoms with Crippen LogP contribution in [0.15, 0.2) is 44.4 Å². The van der Waals surface area contributed by atoms with E-state index in [0.29, 0.717) is 5.75 Å². The van der Waals surface area contributed by atoms with E-state index in [4.69, 9.17) is 4.74 Å². The monoisotopic (exact) mass is 379 g/mol. The first-order valence-corrected chi connectivity index (χ1v) is 8.70. The average molecular weight is 380 g/mol. The van der Waals surface area contributed by atoms with Gasteiger partial charge in [0.25, 0.3) is 0 Å². The molecule has 0 aliphatic rings. The number of benzene rings is 1. The quantitative estimate of drug-likeness (QED) is 0.784. The van der Waals surface area contributed by atoms with Crippen LogP contribution in [0.2, 0.25) is 0 Å². The summed E-state index contributed by atoms with van der Waals surface area (Å²) in [4.78, 5) is 0. The van der Waals surface area contributed by atoms with E-state index >= 15 is 0 Å². The highest BCUT2D eigenvalue weighted by atomic mass is 79.9. The molecule has 0 aliphatic carbocycles. The van der Waals surface area contributed by atoms with Gasteiger partial charge in [0.15, 0.2) is 0 Å². The Hall–Kier alpha value is -0.960. The molecular formula is C12H11BrFNO3S2. The molecule has 0 aliphatic heterocycles. The number of halogens is 2. The van der Waals surface area contributed by atoms with Crippen LogP contribution in [0, 0.1) is 5.82 Å². The topological polar surface area (TPSA) is 55.4 Å². The van der Waals surface area contributed by atoms with Gasteiger partial charge in [-0.1, -0.05) is 6.07 Å². The minimum absolute atomic E-state index is 0.106. The Kier molecular flexibility index (Phi) is 5.14. The van der Waals surface area contributed by atoms with E-state index in [1.54, 1.807) is 12.1 Å². The summed E-state index contributed by atoms with van der Waals surface area (Å²) in [5.74, 6) is -0.0328. The van der Waals surface area contributed by atoms with Gasteiger partial charge >= 0.3 is 0 Å². The van der Waals surface area contributed by atoms with E-state index in [1.807, 2.05) is 0 Å². The van der Waals surface area contributed by atoms with Gasteiger partial charge in [-0.2, -0.15) is 0 Å². The maximum atomic E-state index is 12.9. The lowest BCUT2D eigenvalue weighted by Crippen LogP contribution is -2.27. The standard InChI is InChI=1S/C12H11BrFNO3S2/c13-11-4-5-12(19-11)20(16,17)15-6-7-18-10-3-1-2-9(14)8-10/h1-5,8,15H,6-7H2. The second kappa shape index (κ2) is 6.66. The first-order valence-electron chi connectivity index (χ1n) is 5.61. The number of rotatable bonds is 6. The fourth-order valence-corrected chi connectivity index (χ4v) is 4.48. The van der Waals surface area contributed by atoms with Crippen molar-refractivity contribution in [1.82, 2.24) is 4.72 Å². The second-order valence-corrected chi connectivity index (χ2v) is 8.22. The van der Waals surface area contributed by atoms with Gasteiger partial charge in [0.1, 0.15) is 22.4 Å². The van der Waals surface area contributed by atoms with Crippen LogP contribution in [0.5, 0.6) is 5.75 Å². The summed E-state index contributed by atoms with van der Waals surface area (Å²) in [6.07, 6.45) is 0. The van der Waals surface area contributed by atoms with Crippen LogP contribution in [0.3, 0.4) is 0 Å². The Morgan fingerprint density at radius 1 is 1.30 bits per heavy atom. The number of thiophene rings is 1. The van der Waals surface area contributed by atoms with Gasteiger partial charge in [-0.15, -0.1) is 11.3 Å². The first kappa shape index (κ1) is 15.4. The zero-order chi connectivity index (χ0) is 14.6. The van der Waals surface area contributed by atoms with Crippen molar-refractivity contribution in [1.29, 1.82) is 0 Å². The molecule has 4 nitrogen and oxygen atoms in total.